The lowest BCUT2D eigenvalue weighted by Gasteiger charge is -2.10. The molecule has 2 aromatic rings. The molecule has 0 aliphatic heterocycles. The Labute approximate surface area is 94.8 Å². The molecule has 0 saturated carbocycles. The maximum absolute atomic E-state index is 10.1. The number of hydrogen-bond acceptors (Lipinski definition) is 3. The minimum absolute atomic E-state index is 0.504. The van der Waals surface area contributed by atoms with Crippen LogP contribution >= 0.6 is 0 Å². The van der Waals surface area contributed by atoms with E-state index in [1.807, 2.05) is 25.1 Å². The number of hydrogen-bond donors (Lipinski definition) is 1. The van der Waals surface area contributed by atoms with Gasteiger partial charge < -0.3 is 9.52 Å². The molecule has 0 saturated heterocycles. The van der Waals surface area contributed by atoms with Crippen LogP contribution in [0.2, 0.25) is 0 Å². The molecule has 1 N–H and O–H groups in total. The van der Waals surface area contributed by atoms with Gasteiger partial charge in [0.25, 0.3) is 0 Å². The summed E-state index contributed by atoms with van der Waals surface area (Å²) in [5.74, 6) is 0.863. The summed E-state index contributed by atoms with van der Waals surface area (Å²) in [4.78, 5) is 3.95. The summed E-state index contributed by atoms with van der Waals surface area (Å²) >= 11 is 0. The molecule has 0 amide bonds. The van der Waals surface area contributed by atoms with Crippen LogP contribution < -0.4 is 0 Å². The molecule has 1 unspecified atom stereocenters. The van der Waals surface area contributed by atoms with E-state index in [1.54, 1.807) is 18.7 Å². The van der Waals surface area contributed by atoms with E-state index in [4.69, 9.17) is 4.42 Å². The molecule has 2 aromatic heterocycles. The summed E-state index contributed by atoms with van der Waals surface area (Å²) in [5.41, 5.74) is 1.96. The molecular formula is C13H15NO2. The van der Waals surface area contributed by atoms with Gasteiger partial charge in [0.2, 0.25) is 0 Å². The monoisotopic (exact) mass is 217 g/mol. The Morgan fingerprint density at radius 3 is 2.75 bits per heavy atom. The zero-order valence-corrected chi connectivity index (χ0v) is 9.26. The second kappa shape index (κ2) is 4.94. The van der Waals surface area contributed by atoms with Gasteiger partial charge >= 0.3 is 0 Å². The molecule has 84 valence electrons. The molecule has 2 heterocycles. The van der Waals surface area contributed by atoms with E-state index in [1.165, 1.54) is 0 Å². The third-order valence-electron chi connectivity index (χ3n) is 2.64. The fraction of sp³-hybridized carbons (Fsp3) is 0.308. The maximum Gasteiger partial charge on any atom is 0.109 e. The lowest BCUT2D eigenvalue weighted by Crippen LogP contribution is -2.03. The van der Waals surface area contributed by atoms with Crippen LogP contribution in [-0.4, -0.2) is 10.1 Å². The van der Waals surface area contributed by atoms with Crippen molar-refractivity contribution in [2.45, 2.75) is 25.9 Å². The summed E-state index contributed by atoms with van der Waals surface area (Å²) in [6, 6.07) is 5.66. The van der Waals surface area contributed by atoms with Gasteiger partial charge in [0.05, 0.1) is 12.4 Å². The van der Waals surface area contributed by atoms with Crippen LogP contribution in [0.15, 0.2) is 41.3 Å². The predicted molar refractivity (Wildman–Crippen MR) is 61.0 cm³/mol. The SMILES string of the molecule is CCc1occc1C(O)Cc1ccncc1. The number of aromatic nitrogens is 1. The number of pyridine rings is 1. The molecule has 1 atom stereocenters. The Kier molecular flexibility index (Phi) is 3.37. The van der Waals surface area contributed by atoms with E-state index in [0.29, 0.717) is 6.42 Å². The van der Waals surface area contributed by atoms with Gasteiger partial charge in [-0.25, -0.2) is 0 Å². The Balaban J connectivity index is 2.11. The summed E-state index contributed by atoms with van der Waals surface area (Å²) in [6.45, 7) is 2.02. The lowest BCUT2D eigenvalue weighted by atomic mass is 10.0. The van der Waals surface area contributed by atoms with Crippen molar-refractivity contribution >= 4 is 0 Å². The lowest BCUT2D eigenvalue weighted by molar-refractivity contribution is 0.176. The van der Waals surface area contributed by atoms with Crippen molar-refractivity contribution in [3.05, 3.63) is 53.7 Å². The largest absolute Gasteiger partial charge is 0.469 e. The number of aryl methyl sites for hydroxylation is 1. The van der Waals surface area contributed by atoms with Crippen molar-refractivity contribution in [2.24, 2.45) is 0 Å². The van der Waals surface area contributed by atoms with Crippen molar-refractivity contribution in [1.29, 1.82) is 0 Å². The highest BCUT2D eigenvalue weighted by atomic mass is 16.3. The van der Waals surface area contributed by atoms with Gasteiger partial charge in [-0.3, -0.25) is 4.98 Å². The van der Waals surface area contributed by atoms with Crippen LogP contribution in [0.3, 0.4) is 0 Å². The summed E-state index contributed by atoms with van der Waals surface area (Å²) in [6.07, 6.45) is 5.99. The Morgan fingerprint density at radius 2 is 2.06 bits per heavy atom. The quantitative estimate of drug-likeness (QED) is 0.855. The third kappa shape index (κ3) is 2.31. The molecule has 16 heavy (non-hydrogen) atoms. The zero-order chi connectivity index (χ0) is 11.4. The molecule has 0 aliphatic rings. The van der Waals surface area contributed by atoms with Crippen molar-refractivity contribution in [2.75, 3.05) is 0 Å². The highest BCUT2D eigenvalue weighted by Crippen LogP contribution is 2.23. The highest BCUT2D eigenvalue weighted by Gasteiger charge is 2.14. The van der Waals surface area contributed by atoms with Crippen molar-refractivity contribution in [1.82, 2.24) is 4.98 Å². The molecular weight excluding hydrogens is 202 g/mol. The highest BCUT2D eigenvalue weighted by molar-refractivity contribution is 5.23. The van der Waals surface area contributed by atoms with Crippen LogP contribution in [0.5, 0.6) is 0 Å². The maximum atomic E-state index is 10.1. The minimum atomic E-state index is -0.504. The molecule has 3 nitrogen and oxygen atoms in total. The van der Waals surface area contributed by atoms with Gasteiger partial charge in [0.15, 0.2) is 0 Å². The molecule has 0 aromatic carbocycles. The van der Waals surface area contributed by atoms with Gasteiger partial charge in [0, 0.05) is 30.8 Å². The first kappa shape index (κ1) is 10.9. The standard InChI is InChI=1S/C13H15NO2/c1-2-13-11(5-8-16-13)12(15)9-10-3-6-14-7-4-10/h3-8,12,15H,2,9H2,1H3. The zero-order valence-electron chi connectivity index (χ0n) is 9.26. The van der Waals surface area contributed by atoms with Crippen molar-refractivity contribution < 1.29 is 9.52 Å². The van der Waals surface area contributed by atoms with Crippen LogP contribution in [0.1, 0.15) is 29.9 Å². The van der Waals surface area contributed by atoms with E-state index in [9.17, 15) is 5.11 Å². The molecule has 0 aliphatic carbocycles. The number of aliphatic hydroxyl groups excluding tert-OH is 1. The van der Waals surface area contributed by atoms with Gasteiger partial charge in [-0.2, -0.15) is 0 Å². The van der Waals surface area contributed by atoms with E-state index >= 15 is 0 Å². The Morgan fingerprint density at radius 1 is 1.31 bits per heavy atom. The fourth-order valence-electron chi connectivity index (χ4n) is 1.79. The van der Waals surface area contributed by atoms with E-state index in [-0.39, 0.29) is 0 Å². The second-order valence-corrected chi connectivity index (χ2v) is 3.73. The van der Waals surface area contributed by atoms with Crippen LogP contribution in [0, 0.1) is 0 Å². The normalized spacial score (nSPS) is 12.6. The van der Waals surface area contributed by atoms with E-state index in [0.717, 1.165) is 23.3 Å². The Bertz CT molecular complexity index is 436. The number of furan rings is 1. The molecule has 0 bridgehead atoms. The van der Waals surface area contributed by atoms with E-state index < -0.39 is 6.10 Å². The smallest absolute Gasteiger partial charge is 0.109 e. The van der Waals surface area contributed by atoms with Gasteiger partial charge in [-0.1, -0.05) is 6.92 Å². The van der Waals surface area contributed by atoms with Crippen molar-refractivity contribution in [3.63, 3.8) is 0 Å². The second-order valence-electron chi connectivity index (χ2n) is 3.73. The first-order valence-electron chi connectivity index (χ1n) is 5.44. The summed E-state index contributed by atoms with van der Waals surface area (Å²) in [7, 11) is 0. The fourth-order valence-corrected chi connectivity index (χ4v) is 1.79. The predicted octanol–water partition coefficient (Wildman–Crippen LogP) is 2.51. The van der Waals surface area contributed by atoms with Gasteiger partial charge in [-0.15, -0.1) is 0 Å². The Hall–Kier alpha value is -1.61. The van der Waals surface area contributed by atoms with Gasteiger partial charge in [0.1, 0.15) is 5.76 Å². The average Bonchev–Trinajstić information content (AvgIpc) is 2.78. The summed E-state index contributed by atoms with van der Waals surface area (Å²) < 4.78 is 5.30. The van der Waals surface area contributed by atoms with Crippen LogP contribution in [-0.2, 0) is 12.8 Å². The van der Waals surface area contributed by atoms with Crippen LogP contribution in [0.25, 0.3) is 0 Å². The topological polar surface area (TPSA) is 46.3 Å². The van der Waals surface area contributed by atoms with Crippen molar-refractivity contribution in [3.8, 4) is 0 Å². The first-order valence-corrected chi connectivity index (χ1v) is 5.44. The van der Waals surface area contributed by atoms with Crippen LogP contribution in [0.4, 0.5) is 0 Å². The number of rotatable bonds is 4. The molecule has 0 radical (unpaired) electrons. The molecule has 2 rings (SSSR count). The third-order valence-corrected chi connectivity index (χ3v) is 2.64. The molecule has 0 spiro atoms. The van der Waals surface area contributed by atoms with E-state index in [2.05, 4.69) is 4.98 Å². The summed E-state index contributed by atoms with van der Waals surface area (Å²) in [5, 5.41) is 10.1. The average molecular weight is 217 g/mol. The number of aliphatic hydroxyl groups is 1. The molecule has 3 heteroatoms. The van der Waals surface area contributed by atoms with Gasteiger partial charge in [-0.05, 0) is 23.8 Å². The molecule has 0 fully saturated rings. The number of nitrogens with zero attached hydrogens (tertiary/aromatic N) is 1. The minimum Gasteiger partial charge on any atom is -0.469 e. The first-order chi connectivity index (χ1) is 7.81.